The maximum atomic E-state index is 11.6. The number of carboxylic acids is 2. The molecule has 0 bridgehead atoms. The number of hydrogen-bond acceptors (Lipinski definition) is 14. The van der Waals surface area contributed by atoms with E-state index in [-0.39, 0.29) is 23.0 Å². The van der Waals surface area contributed by atoms with Crippen molar-refractivity contribution in [3.8, 4) is 0 Å². The number of carbonyl (C=O) groups excluding carboxylic acids is 2. The molecule has 0 aliphatic rings. The van der Waals surface area contributed by atoms with Crippen molar-refractivity contribution in [1.82, 2.24) is 0 Å². The van der Waals surface area contributed by atoms with Crippen LogP contribution in [0.25, 0.3) is 0 Å². The lowest BCUT2D eigenvalue weighted by atomic mass is 10.4. The molecule has 0 rings (SSSR count). The Hall–Kier alpha value is -0.880. The molecule has 16 heteroatoms. The third-order valence-electron chi connectivity index (χ3n) is 2.60. The molecule has 0 aliphatic carbocycles. The fourth-order valence-electron chi connectivity index (χ4n) is 0.970. The summed E-state index contributed by atoms with van der Waals surface area (Å²) >= 11 is 0. The Bertz CT molecular complexity index is 498. The van der Waals surface area contributed by atoms with Gasteiger partial charge in [0.2, 0.25) is 0 Å². The minimum atomic E-state index is -1.14. The lowest BCUT2D eigenvalue weighted by Crippen LogP contribution is -2.39. The van der Waals surface area contributed by atoms with Crippen LogP contribution in [0.15, 0.2) is 0 Å². The number of aliphatic carboxylic acids is 2. The van der Waals surface area contributed by atoms with Crippen LogP contribution in [0, 0.1) is 0 Å². The summed E-state index contributed by atoms with van der Waals surface area (Å²) in [5.41, 5.74) is 21.7. The van der Waals surface area contributed by atoms with Crippen molar-refractivity contribution in [3.05, 3.63) is 0 Å². The molecular weight excluding hydrogens is 456 g/mol. The topological polar surface area (TPSA) is 231 Å². The van der Waals surface area contributed by atoms with E-state index in [0.29, 0.717) is 0 Å². The van der Waals surface area contributed by atoms with Crippen LogP contribution < -0.4 is 22.9 Å². The highest BCUT2D eigenvalue weighted by Gasteiger charge is 2.23. The van der Waals surface area contributed by atoms with Crippen LogP contribution in [0.4, 0.5) is 0 Å². The van der Waals surface area contributed by atoms with Gasteiger partial charge in [-0.2, -0.15) is 0 Å². The summed E-state index contributed by atoms with van der Waals surface area (Å²) in [7, 11) is 4.48. The summed E-state index contributed by atoms with van der Waals surface area (Å²) in [5.74, 6) is -3.86. The molecule has 4 atom stereocenters. The molecule has 0 spiro atoms. The van der Waals surface area contributed by atoms with Gasteiger partial charge in [0.05, 0.1) is 0 Å². The number of hydrogen-bond donors (Lipinski definition) is 6. The average molecular weight is 479 g/mol. The lowest BCUT2D eigenvalue weighted by molar-refractivity contribution is -0.260. The van der Waals surface area contributed by atoms with E-state index in [9.17, 15) is 19.2 Å². The van der Waals surface area contributed by atoms with Crippen LogP contribution in [0.5, 0.6) is 0 Å². The fourth-order valence-corrected chi connectivity index (χ4v) is 5.41. The zero-order chi connectivity index (χ0) is 21.7. The van der Waals surface area contributed by atoms with E-state index in [1.54, 1.807) is 0 Å². The smallest absolute Gasteiger partial charge is 0.372 e. The first-order valence-electron chi connectivity index (χ1n) is 7.45. The van der Waals surface area contributed by atoms with Crippen molar-refractivity contribution in [2.24, 2.45) is 22.9 Å². The van der Waals surface area contributed by atoms with Gasteiger partial charge in [-0.15, -0.1) is 0 Å². The van der Waals surface area contributed by atoms with Crippen LogP contribution in [0.3, 0.4) is 0 Å². The Morgan fingerprint density at radius 3 is 1.11 bits per heavy atom. The molecule has 12 nitrogen and oxygen atoms in total. The average Bonchev–Trinajstić information content (AvgIpc) is 2.64. The van der Waals surface area contributed by atoms with Gasteiger partial charge in [-0.25, -0.2) is 19.4 Å². The first-order chi connectivity index (χ1) is 13.1. The summed E-state index contributed by atoms with van der Waals surface area (Å²) in [4.78, 5) is 53.0. The molecule has 0 saturated carbocycles. The van der Waals surface area contributed by atoms with Gasteiger partial charge in [-0.1, -0.05) is 43.2 Å². The van der Waals surface area contributed by atoms with Crippen molar-refractivity contribution in [2.75, 3.05) is 23.0 Å². The van der Waals surface area contributed by atoms with Crippen LogP contribution in [-0.2, 0) is 29.0 Å². The van der Waals surface area contributed by atoms with Gasteiger partial charge >= 0.3 is 23.9 Å². The molecule has 162 valence electrons. The van der Waals surface area contributed by atoms with Gasteiger partial charge in [0.1, 0.15) is 24.2 Å². The van der Waals surface area contributed by atoms with Crippen LogP contribution in [-0.4, -0.2) is 81.3 Å². The third kappa shape index (κ3) is 12.6. The number of nitrogens with two attached hydrogens (primary N) is 4. The van der Waals surface area contributed by atoms with Crippen molar-refractivity contribution in [2.45, 2.75) is 24.2 Å². The van der Waals surface area contributed by atoms with Crippen molar-refractivity contribution >= 4 is 67.1 Å². The highest BCUT2D eigenvalue weighted by molar-refractivity contribution is 8.77. The SMILES string of the molecule is N[C@@H](CSSC[C@H](N)C(=O)OOC(=O)[C@@H](N)CSSC[C@H](N)C(=O)O)C(=O)O. The number of carboxylic acid groups (broad SMARTS) is 2. The second kappa shape index (κ2) is 15.0. The molecule has 0 aliphatic heterocycles. The summed E-state index contributed by atoms with van der Waals surface area (Å²) in [6.07, 6.45) is 0. The molecule has 0 amide bonds. The molecule has 0 saturated heterocycles. The van der Waals surface area contributed by atoms with E-state index < -0.39 is 48.0 Å². The van der Waals surface area contributed by atoms with Gasteiger partial charge in [0.25, 0.3) is 0 Å². The largest absolute Gasteiger partial charge is 0.480 e. The van der Waals surface area contributed by atoms with Crippen LogP contribution in [0.1, 0.15) is 0 Å². The standard InChI is InChI=1S/C12H22N4O8S4/c13-5(9(17)18)1-25-27-3-7(15)11(21)23-24-12(22)8(16)4-28-26-2-6(14)10(19)20/h5-8H,1-4,13-16H2,(H,17,18)(H,19,20)/t5-,6-,7-,8-/m0/s1. The Labute approximate surface area is 176 Å². The summed E-state index contributed by atoms with van der Waals surface area (Å²) in [6.45, 7) is 0. The maximum Gasteiger partial charge on any atom is 0.372 e. The Morgan fingerprint density at radius 2 is 0.857 bits per heavy atom. The molecule has 0 fully saturated rings. The van der Waals surface area contributed by atoms with Crippen molar-refractivity contribution < 1.29 is 39.2 Å². The molecule has 0 aromatic heterocycles. The van der Waals surface area contributed by atoms with Crippen molar-refractivity contribution in [1.29, 1.82) is 0 Å². The predicted molar refractivity (Wildman–Crippen MR) is 109 cm³/mol. The maximum absolute atomic E-state index is 11.6. The second-order valence-corrected chi connectivity index (χ2v) is 10.1. The van der Waals surface area contributed by atoms with E-state index in [0.717, 1.165) is 43.2 Å². The molecule has 0 unspecified atom stereocenters. The monoisotopic (exact) mass is 478 g/mol. The summed E-state index contributed by atoms with van der Waals surface area (Å²) in [6, 6.07) is -4.27. The van der Waals surface area contributed by atoms with E-state index in [2.05, 4.69) is 9.78 Å². The highest BCUT2D eigenvalue weighted by atomic mass is 33.1. The molecule has 10 N–H and O–H groups in total. The molecule has 0 aromatic carbocycles. The van der Waals surface area contributed by atoms with Crippen LogP contribution in [0.2, 0.25) is 0 Å². The lowest BCUT2D eigenvalue weighted by Gasteiger charge is -2.12. The van der Waals surface area contributed by atoms with Crippen molar-refractivity contribution in [3.63, 3.8) is 0 Å². The Morgan fingerprint density at radius 1 is 0.607 bits per heavy atom. The van der Waals surface area contributed by atoms with Gasteiger partial charge in [0.15, 0.2) is 0 Å². The minimum Gasteiger partial charge on any atom is -0.480 e. The molecule has 28 heavy (non-hydrogen) atoms. The first-order valence-corrected chi connectivity index (χ1v) is 12.4. The highest BCUT2D eigenvalue weighted by Crippen LogP contribution is 2.23. The van der Waals surface area contributed by atoms with Gasteiger partial charge in [-0.3, -0.25) is 9.59 Å². The minimum absolute atomic E-state index is 0.0791. The summed E-state index contributed by atoms with van der Waals surface area (Å²) < 4.78 is 0. The summed E-state index contributed by atoms with van der Waals surface area (Å²) in [5, 5.41) is 17.2. The Kier molecular flexibility index (Phi) is 14.6. The van der Waals surface area contributed by atoms with Gasteiger partial charge < -0.3 is 33.1 Å². The molecular formula is C12H22N4O8S4. The van der Waals surface area contributed by atoms with E-state index in [1.807, 2.05) is 0 Å². The molecule has 0 aromatic rings. The zero-order valence-electron chi connectivity index (χ0n) is 14.4. The van der Waals surface area contributed by atoms with Crippen LogP contribution >= 0.6 is 43.2 Å². The normalized spacial score (nSPS) is 15.1. The molecule has 0 radical (unpaired) electrons. The van der Waals surface area contributed by atoms with E-state index in [4.69, 9.17) is 33.1 Å². The second-order valence-electron chi connectivity index (χ2n) is 5.05. The van der Waals surface area contributed by atoms with E-state index in [1.165, 1.54) is 0 Å². The first kappa shape index (κ1) is 27.1. The van der Waals surface area contributed by atoms with E-state index >= 15 is 0 Å². The quantitative estimate of drug-likeness (QED) is 0.0701. The number of carbonyl (C=O) groups is 4. The van der Waals surface area contributed by atoms with Gasteiger partial charge in [0, 0.05) is 23.0 Å². The molecule has 0 heterocycles. The number of rotatable bonds is 14. The zero-order valence-corrected chi connectivity index (χ0v) is 17.7. The fraction of sp³-hybridized carbons (Fsp3) is 0.667. The van der Waals surface area contributed by atoms with Gasteiger partial charge in [-0.05, 0) is 0 Å². The third-order valence-corrected chi connectivity index (χ3v) is 7.55. The Balaban J connectivity index is 3.94. The predicted octanol–water partition coefficient (Wildman–Crippen LogP) is -1.77.